The van der Waals surface area contributed by atoms with Gasteiger partial charge in [0.2, 0.25) is 0 Å². The van der Waals surface area contributed by atoms with E-state index in [2.05, 4.69) is 6.58 Å². The lowest BCUT2D eigenvalue weighted by atomic mass is 10.1. The van der Waals surface area contributed by atoms with E-state index >= 15 is 0 Å². The van der Waals surface area contributed by atoms with E-state index in [9.17, 15) is 19.2 Å². The van der Waals surface area contributed by atoms with Gasteiger partial charge in [-0.1, -0.05) is 6.58 Å². The molecular weight excluding hydrogens is 564 g/mol. The SMILES string of the molecule is C=CC(=O)OCCCCCCOC(=O)Oc1ccc(C(=O)Oc2ccc(C(=O)O[C@H]3COC4C3OC[C@H]4OC)cc2)cc1. The van der Waals surface area contributed by atoms with Gasteiger partial charge < -0.3 is 37.9 Å². The molecule has 0 bridgehead atoms. The number of hydrogen-bond acceptors (Lipinski definition) is 12. The zero-order valence-electron chi connectivity index (χ0n) is 23.8. The maximum Gasteiger partial charge on any atom is 0.513 e. The molecule has 0 N–H and O–H groups in total. The third-order valence-electron chi connectivity index (χ3n) is 6.79. The van der Waals surface area contributed by atoms with Crippen LogP contribution in [0.3, 0.4) is 0 Å². The van der Waals surface area contributed by atoms with Gasteiger partial charge in [0.25, 0.3) is 0 Å². The highest BCUT2D eigenvalue weighted by atomic mass is 16.7. The van der Waals surface area contributed by atoms with Crippen molar-refractivity contribution < 1.29 is 57.1 Å². The van der Waals surface area contributed by atoms with Crippen LogP contribution in [0.25, 0.3) is 0 Å². The number of carbonyl (C=O) groups excluding carboxylic acids is 4. The van der Waals surface area contributed by atoms with Crippen molar-refractivity contribution in [1.82, 2.24) is 0 Å². The van der Waals surface area contributed by atoms with Crippen molar-refractivity contribution in [3.63, 3.8) is 0 Å². The molecule has 0 saturated carbocycles. The summed E-state index contributed by atoms with van der Waals surface area (Å²) in [6.07, 6.45) is 1.85. The Balaban J connectivity index is 1.14. The molecule has 2 aromatic rings. The number of rotatable bonds is 14. The average Bonchev–Trinajstić information content (AvgIpc) is 3.61. The number of unbranched alkanes of at least 4 members (excludes halogenated alkanes) is 3. The Morgan fingerprint density at radius 3 is 1.88 bits per heavy atom. The summed E-state index contributed by atoms with van der Waals surface area (Å²) in [5.74, 6) is -1.20. The van der Waals surface area contributed by atoms with E-state index < -0.39 is 30.2 Å². The molecule has 2 unspecified atom stereocenters. The molecule has 43 heavy (non-hydrogen) atoms. The van der Waals surface area contributed by atoms with Crippen LogP contribution >= 0.6 is 0 Å². The minimum atomic E-state index is -0.857. The highest BCUT2D eigenvalue weighted by Crippen LogP contribution is 2.30. The van der Waals surface area contributed by atoms with Crippen LogP contribution < -0.4 is 9.47 Å². The van der Waals surface area contributed by atoms with Crippen molar-refractivity contribution in [2.45, 2.75) is 50.1 Å². The second-order valence-electron chi connectivity index (χ2n) is 9.74. The maximum absolute atomic E-state index is 12.6. The predicted octanol–water partition coefficient (Wildman–Crippen LogP) is 4.05. The second-order valence-corrected chi connectivity index (χ2v) is 9.74. The highest BCUT2D eigenvalue weighted by molar-refractivity contribution is 5.92. The highest BCUT2D eigenvalue weighted by Gasteiger charge is 2.49. The molecule has 230 valence electrons. The Morgan fingerprint density at radius 1 is 0.744 bits per heavy atom. The topological polar surface area (TPSA) is 142 Å². The molecule has 4 rings (SSSR count). The van der Waals surface area contributed by atoms with Crippen LogP contribution in [0.2, 0.25) is 0 Å². The van der Waals surface area contributed by atoms with Crippen molar-refractivity contribution in [3.05, 3.63) is 72.3 Å². The first kappa shape index (κ1) is 31.7. The third kappa shape index (κ3) is 9.11. The van der Waals surface area contributed by atoms with Crippen molar-refractivity contribution in [2.24, 2.45) is 0 Å². The summed E-state index contributed by atoms with van der Waals surface area (Å²) in [5, 5.41) is 0. The van der Waals surface area contributed by atoms with Crippen LogP contribution in [0.4, 0.5) is 4.79 Å². The lowest BCUT2D eigenvalue weighted by Gasteiger charge is -2.16. The Kier molecular flexibility index (Phi) is 11.7. The number of benzene rings is 2. The zero-order valence-corrected chi connectivity index (χ0v) is 23.8. The summed E-state index contributed by atoms with van der Waals surface area (Å²) < 4.78 is 42.7. The van der Waals surface area contributed by atoms with E-state index in [1.54, 1.807) is 7.11 Å². The molecule has 2 saturated heterocycles. The van der Waals surface area contributed by atoms with Gasteiger partial charge in [0.05, 0.1) is 37.6 Å². The quantitative estimate of drug-likeness (QED) is 0.0773. The Morgan fingerprint density at radius 2 is 1.28 bits per heavy atom. The molecule has 2 aromatic carbocycles. The van der Waals surface area contributed by atoms with Crippen molar-refractivity contribution >= 4 is 24.1 Å². The van der Waals surface area contributed by atoms with E-state index in [-0.39, 0.29) is 54.2 Å². The van der Waals surface area contributed by atoms with Gasteiger partial charge in [0, 0.05) is 13.2 Å². The first-order chi connectivity index (χ1) is 20.9. The van der Waals surface area contributed by atoms with E-state index in [1.165, 1.54) is 48.5 Å². The van der Waals surface area contributed by atoms with E-state index in [0.29, 0.717) is 26.1 Å². The van der Waals surface area contributed by atoms with Gasteiger partial charge in [-0.2, -0.15) is 0 Å². The lowest BCUT2D eigenvalue weighted by molar-refractivity contribution is -0.137. The Labute approximate surface area is 248 Å². The molecule has 2 aliphatic heterocycles. The number of esters is 3. The fraction of sp³-hybridized carbons (Fsp3) is 0.419. The normalized spacial score (nSPS) is 20.5. The maximum atomic E-state index is 12.6. The minimum Gasteiger partial charge on any atom is -0.463 e. The number of fused-ring (bicyclic) bond motifs is 1. The summed E-state index contributed by atoms with van der Waals surface area (Å²) in [7, 11) is 1.58. The minimum absolute atomic E-state index is 0.186. The first-order valence-corrected chi connectivity index (χ1v) is 13.9. The molecule has 0 aromatic heterocycles. The van der Waals surface area contributed by atoms with Crippen molar-refractivity contribution in [2.75, 3.05) is 33.5 Å². The lowest BCUT2D eigenvalue weighted by Crippen LogP contribution is -2.34. The molecule has 0 amide bonds. The molecule has 12 nitrogen and oxygen atoms in total. The Hall–Kier alpha value is -4.26. The van der Waals surface area contributed by atoms with Crippen molar-refractivity contribution in [1.29, 1.82) is 0 Å². The standard InChI is InChI=1S/C31H34O12/c1-3-26(32)37-16-6-4-5-7-17-38-31(35)42-23-14-10-20(11-15-23)29(33)41-22-12-8-21(9-13-22)30(34)43-25-19-40-27-24(36-2)18-39-28(25)27/h3,8-15,24-25,27-28H,1,4-7,16-19H2,2H3/t24-,25+,27?,28?/m1/s1. The molecule has 12 heteroatoms. The van der Waals surface area contributed by atoms with Gasteiger partial charge in [-0.15, -0.1) is 0 Å². The molecule has 4 atom stereocenters. The van der Waals surface area contributed by atoms with Crippen LogP contribution in [0.15, 0.2) is 61.2 Å². The molecule has 0 spiro atoms. The third-order valence-corrected chi connectivity index (χ3v) is 6.79. The van der Waals surface area contributed by atoms with Gasteiger partial charge in [0.1, 0.15) is 29.8 Å². The Bertz CT molecular complexity index is 1260. The summed E-state index contributed by atoms with van der Waals surface area (Å²) in [5.41, 5.74) is 0.508. The zero-order chi connectivity index (χ0) is 30.6. The predicted molar refractivity (Wildman–Crippen MR) is 149 cm³/mol. The van der Waals surface area contributed by atoms with Crippen molar-refractivity contribution in [3.8, 4) is 11.5 Å². The molecule has 0 radical (unpaired) electrons. The fourth-order valence-electron chi connectivity index (χ4n) is 4.49. The molecular formula is C31H34O12. The van der Waals surface area contributed by atoms with Gasteiger partial charge in [-0.05, 0) is 74.2 Å². The fourth-order valence-corrected chi connectivity index (χ4v) is 4.49. The monoisotopic (exact) mass is 598 g/mol. The number of carbonyl (C=O) groups is 4. The van der Waals surface area contributed by atoms with E-state index in [1.807, 2.05) is 0 Å². The van der Waals surface area contributed by atoms with Gasteiger partial charge in [-0.3, -0.25) is 0 Å². The summed E-state index contributed by atoms with van der Waals surface area (Å²) in [4.78, 5) is 48.0. The molecule has 2 fully saturated rings. The number of methoxy groups -OCH3 is 1. The number of ether oxygens (including phenoxy) is 8. The summed E-state index contributed by atoms with van der Waals surface area (Å²) in [6, 6.07) is 11.8. The second kappa shape index (κ2) is 15.8. The number of hydrogen-bond donors (Lipinski definition) is 0. The van der Waals surface area contributed by atoms with Crippen LogP contribution in [-0.4, -0.2) is 82.0 Å². The van der Waals surface area contributed by atoms with Gasteiger partial charge >= 0.3 is 24.1 Å². The van der Waals surface area contributed by atoms with Crippen LogP contribution in [0.5, 0.6) is 11.5 Å². The molecule has 2 heterocycles. The van der Waals surface area contributed by atoms with Gasteiger partial charge in [0.15, 0.2) is 6.10 Å². The summed E-state index contributed by atoms with van der Waals surface area (Å²) >= 11 is 0. The van der Waals surface area contributed by atoms with Crippen LogP contribution in [0.1, 0.15) is 46.4 Å². The van der Waals surface area contributed by atoms with Gasteiger partial charge in [-0.25, -0.2) is 19.2 Å². The first-order valence-electron chi connectivity index (χ1n) is 13.9. The van der Waals surface area contributed by atoms with Crippen LogP contribution in [0, 0.1) is 0 Å². The average molecular weight is 599 g/mol. The smallest absolute Gasteiger partial charge is 0.463 e. The molecule has 0 aliphatic carbocycles. The van der Waals surface area contributed by atoms with Crippen LogP contribution in [-0.2, 0) is 33.2 Å². The molecule has 2 aliphatic rings. The van der Waals surface area contributed by atoms with E-state index in [4.69, 9.17) is 37.9 Å². The summed E-state index contributed by atoms with van der Waals surface area (Å²) in [6.45, 7) is 4.44. The largest absolute Gasteiger partial charge is 0.513 e. The van der Waals surface area contributed by atoms with E-state index in [0.717, 1.165) is 18.9 Å².